The van der Waals surface area contributed by atoms with E-state index < -0.39 is 17.7 Å². The van der Waals surface area contributed by atoms with Crippen molar-refractivity contribution in [3.05, 3.63) is 83.4 Å². The lowest BCUT2D eigenvalue weighted by Gasteiger charge is -2.11. The summed E-state index contributed by atoms with van der Waals surface area (Å²) in [6, 6.07) is 11.0. The van der Waals surface area contributed by atoms with E-state index in [2.05, 4.69) is 0 Å². The number of benzene rings is 2. The normalized spacial score (nSPS) is 12.4. The van der Waals surface area contributed by atoms with Gasteiger partial charge in [0.05, 0.1) is 12.2 Å². The largest absolute Gasteiger partial charge is 0.508 e. The van der Waals surface area contributed by atoms with Crippen LogP contribution in [0.2, 0.25) is 0 Å². The molecule has 0 aromatic heterocycles. The van der Waals surface area contributed by atoms with Gasteiger partial charge in [-0.2, -0.15) is 13.2 Å². The highest BCUT2D eigenvalue weighted by atomic mass is 19.4. The van der Waals surface area contributed by atoms with Crippen LogP contribution in [0.1, 0.15) is 23.6 Å². The van der Waals surface area contributed by atoms with E-state index in [1.807, 2.05) is 0 Å². The molecule has 0 radical (unpaired) electrons. The second-order valence-corrected chi connectivity index (χ2v) is 5.32. The molecule has 0 spiro atoms. The van der Waals surface area contributed by atoms with Gasteiger partial charge in [-0.1, -0.05) is 36.4 Å². The molecule has 0 aliphatic heterocycles. The summed E-state index contributed by atoms with van der Waals surface area (Å²) >= 11 is 0. The molecule has 3 nitrogen and oxygen atoms in total. The quantitative estimate of drug-likeness (QED) is 0.464. The molecule has 2 rings (SSSR count). The van der Waals surface area contributed by atoms with Gasteiger partial charge in [-0.3, -0.25) is 0 Å². The number of phenolic OH excluding ortho intramolecular Hbond substituents is 1. The Morgan fingerprint density at radius 2 is 1.81 bits per heavy atom. The average Bonchev–Trinajstić information content (AvgIpc) is 2.58. The topological polar surface area (TPSA) is 46.5 Å². The maximum absolute atomic E-state index is 12.8. The Bertz CT molecular complexity index is 819. The van der Waals surface area contributed by atoms with Crippen LogP contribution < -0.4 is 0 Å². The van der Waals surface area contributed by atoms with Crippen LogP contribution in [0.4, 0.5) is 13.2 Å². The first-order chi connectivity index (χ1) is 12.3. The smallest absolute Gasteiger partial charge is 0.416 e. The molecule has 0 atom stereocenters. The van der Waals surface area contributed by atoms with E-state index in [4.69, 9.17) is 4.74 Å². The summed E-state index contributed by atoms with van der Waals surface area (Å²) in [6.07, 6.45) is -0.170. The first-order valence-electron chi connectivity index (χ1n) is 7.83. The summed E-state index contributed by atoms with van der Waals surface area (Å²) in [5.74, 6) is -0.499. The van der Waals surface area contributed by atoms with Crippen LogP contribution in [-0.4, -0.2) is 17.7 Å². The molecule has 2 aromatic carbocycles. The molecular formula is C20H17F3O3. The fourth-order valence-corrected chi connectivity index (χ4v) is 2.28. The summed E-state index contributed by atoms with van der Waals surface area (Å²) in [4.78, 5) is 11.4. The van der Waals surface area contributed by atoms with Crippen molar-refractivity contribution in [3.63, 3.8) is 0 Å². The van der Waals surface area contributed by atoms with Crippen molar-refractivity contribution in [2.75, 3.05) is 6.61 Å². The SMILES string of the molecule is CCOC(=O)/C=C/C=C(/c1ccc(C(F)(F)F)cc1)c1cccc(O)c1. The average molecular weight is 362 g/mol. The lowest BCUT2D eigenvalue weighted by molar-refractivity contribution is -0.138. The number of esters is 1. The molecule has 0 saturated heterocycles. The molecule has 136 valence electrons. The highest BCUT2D eigenvalue weighted by Gasteiger charge is 2.30. The Kier molecular flexibility index (Phi) is 6.22. The Morgan fingerprint density at radius 3 is 2.38 bits per heavy atom. The number of allylic oxidation sites excluding steroid dienone is 2. The number of carbonyl (C=O) groups is 1. The van der Waals surface area contributed by atoms with Gasteiger partial charge in [-0.15, -0.1) is 0 Å². The van der Waals surface area contributed by atoms with E-state index in [0.29, 0.717) is 16.7 Å². The number of phenols is 1. The predicted molar refractivity (Wildman–Crippen MR) is 92.4 cm³/mol. The van der Waals surface area contributed by atoms with Crippen molar-refractivity contribution in [2.24, 2.45) is 0 Å². The lowest BCUT2D eigenvalue weighted by Crippen LogP contribution is -2.04. The molecule has 0 bridgehead atoms. The summed E-state index contributed by atoms with van der Waals surface area (Å²) < 4.78 is 43.0. The molecular weight excluding hydrogens is 345 g/mol. The molecule has 0 aliphatic carbocycles. The summed E-state index contributed by atoms with van der Waals surface area (Å²) in [6.45, 7) is 1.92. The van der Waals surface area contributed by atoms with Crippen LogP contribution in [-0.2, 0) is 15.7 Å². The highest BCUT2D eigenvalue weighted by Crippen LogP contribution is 2.32. The Hall–Kier alpha value is -3.02. The van der Waals surface area contributed by atoms with Gasteiger partial charge in [0.1, 0.15) is 5.75 Å². The van der Waals surface area contributed by atoms with Crippen molar-refractivity contribution in [1.82, 2.24) is 0 Å². The standard InChI is InChI=1S/C20H17F3O3/c1-2-26-19(25)8-4-7-18(15-5-3-6-17(24)13-15)14-9-11-16(12-10-14)20(21,22)23/h3-13,24H,2H2,1H3/b8-4+,18-7-. The highest BCUT2D eigenvalue weighted by molar-refractivity contribution is 5.85. The third-order valence-electron chi connectivity index (χ3n) is 3.46. The number of halogens is 3. The minimum atomic E-state index is -4.42. The number of carbonyl (C=O) groups excluding carboxylic acids is 1. The van der Waals surface area contributed by atoms with Crippen LogP contribution in [0.15, 0.2) is 66.8 Å². The summed E-state index contributed by atoms with van der Waals surface area (Å²) in [5.41, 5.74) is 0.907. The maximum Gasteiger partial charge on any atom is 0.416 e. The summed E-state index contributed by atoms with van der Waals surface area (Å²) in [5, 5.41) is 9.68. The minimum absolute atomic E-state index is 0.0229. The van der Waals surface area contributed by atoms with Crippen molar-refractivity contribution in [2.45, 2.75) is 13.1 Å². The van der Waals surface area contributed by atoms with Crippen LogP contribution in [0.25, 0.3) is 5.57 Å². The van der Waals surface area contributed by atoms with Gasteiger partial charge in [-0.05, 0) is 47.9 Å². The van der Waals surface area contributed by atoms with Gasteiger partial charge in [0.15, 0.2) is 0 Å². The molecule has 0 fully saturated rings. The zero-order valence-corrected chi connectivity index (χ0v) is 14.0. The molecule has 0 unspecified atom stereocenters. The second-order valence-electron chi connectivity index (χ2n) is 5.32. The van der Waals surface area contributed by atoms with E-state index in [9.17, 15) is 23.1 Å². The Labute approximate surface area is 149 Å². The Morgan fingerprint density at radius 1 is 1.12 bits per heavy atom. The fourth-order valence-electron chi connectivity index (χ4n) is 2.28. The number of alkyl halides is 3. The van der Waals surface area contributed by atoms with Crippen molar-refractivity contribution in [1.29, 1.82) is 0 Å². The van der Waals surface area contributed by atoms with E-state index in [-0.39, 0.29) is 12.4 Å². The zero-order valence-electron chi connectivity index (χ0n) is 14.0. The molecule has 0 saturated carbocycles. The number of aromatic hydroxyl groups is 1. The van der Waals surface area contributed by atoms with E-state index >= 15 is 0 Å². The van der Waals surface area contributed by atoms with Crippen LogP contribution >= 0.6 is 0 Å². The predicted octanol–water partition coefficient (Wildman–Crippen LogP) is 4.96. The first kappa shape index (κ1) is 19.3. The van der Waals surface area contributed by atoms with Gasteiger partial charge in [0.2, 0.25) is 0 Å². The zero-order chi connectivity index (χ0) is 19.2. The Balaban J connectivity index is 2.42. The minimum Gasteiger partial charge on any atom is -0.508 e. The van der Waals surface area contributed by atoms with Gasteiger partial charge < -0.3 is 9.84 Å². The molecule has 26 heavy (non-hydrogen) atoms. The first-order valence-corrected chi connectivity index (χ1v) is 7.83. The van der Waals surface area contributed by atoms with Gasteiger partial charge in [0.25, 0.3) is 0 Å². The molecule has 6 heteroatoms. The fraction of sp³-hybridized carbons (Fsp3) is 0.150. The van der Waals surface area contributed by atoms with Gasteiger partial charge in [0, 0.05) is 6.08 Å². The van der Waals surface area contributed by atoms with E-state index in [1.165, 1.54) is 36.4 Å². The van der Waals surface area contributed by atoms with Crippen molar-refractivity contribution in [3.8, 4) is 5.75 Å². The maximum atomic E-state index is 12.8. The van der Waals surface area contributed by atoms with E-state index in [0.717, 1.165) is 12.1 Å². The molecule has 1 N–H and O–H groups in total. The monoisotopic (exact) mass is 362 g/mol. The van der Waals surface area contributed by atoms with Gasteiger partial charge >= 0.3 is 12.1 Å². The van der Waals surface area contributed by atoms with E-state index in [1.54, 1.807) is 25.1 Å². The van der Waals surface area contributed by atoms with Crippen molar-refractivity contribution >= 4 is 11.5 Å². The van der Waals surface area contributed by atoms with Crippen molar-refractivity contribution < 1.29 is 27.8 Å². The van der Waals surface area contributed by atoms with Crippen LogP contribution in [0, 0.1) is 0 Å². The molecule has 0 aliphatic rings. The number of hydrogen-bond donors (Lipinski definition) is 1. The number of hydrogen-bond acceptors (Lipinski definition) is 3. The molecule has 0 heterocycles. The second kappa shape index (κ2) is 8.38. The number of ether oxygens (including phenoxy) is 1. The molecule has 2 aromatic rings. The van der Waals surface area contributed by atoms with Crippen LogP contribution in [0.3, 0.4) is 0 Å². The van der Waals surface area contributed by atoms with Crippen LogP contribution in [0.5, 0.6) is 5.75 Å². The third-order valence-corrected chi connectivity index (χ3v) is 3.46. The summed E-state index contributed by atoms with van der Waals surface area (Å²) in [7, 11) is 0. The molecule has 0 amide bonds. The number of rotatable bonds is 5. The lowest BCUT2D eigenvalue weighted by atomic mass is 9.96. The van der Waals surface area contributed by atoms with Gasteiger partial charge in [-0.25, -0.2) is 4.79 Å². The third kappa shape index (κ3) is 5.24.